The number of rotatable bonds is 5. The Bertz CT molecular complexity index is 693. The van der Waals surface area contributed by atoms with Crippen LogP contribution in [0.15, 0.2) is 22.7 Å². The maximum Gasteiger partial charge on any atom is 0.374 e. The second kappa shape index (κ2) is 5.29. The molecular formula is C14H12ClNO5. The number of halogens is 1. The summed E-state index contributed by atoms with van der Waals surface area (Å²) in [6, 6.07) is 4.66. The van der Waals surface area contributed by atoms with Crippen LogP contribution in [0.5, 0.6) is 11.5 Å². The molecule has 1 aliphatic carbocycles. The number of methoxy groups -OCH3 is 1. The second-order valence-corrected chi connectivity index (χ2v) is 5.10. The Kier molecular flexibility index (Phi) is 3.47. The molecule has 6 nitrogen and oxygen atoms in total. The Balaban J connectivity index is 1.98. The van der Waals surface area contributed by atoms with Crippen molar-refractivity contribution in [2.24, 2.45) is 0 Å². The zero-order chi connectivity index (χ0) is 15.0. The molecule has 1 saturated carbocycles. The number of hydrogen-bond acceptors (Lipinski definition) is 5. The predicted octanol–water partition coefficient (Wildman–Crippen LogP) is 3.24. The van der Waals surface area contributed by atoms with Crippen LogP contribution in [0.1, 0.15) is 23.4 Å². The highest BCUT2D eigenvalue weighted by Crippen LogP contribution is 2.42. The molecule has 0 amide bonds. The zero-order valence-electron chi connectivity index (χ0n) is 11.1. The van der Waals surface area contributed by atoms with E-state index < -0.39 is 5.97 Å². The number of ether oxygens (including phenoxy) is 2. The third kappa shape index (κ3) is 2.80. The van der Waals surface area contributed by atoms with Crippen LogP contribution < -0.4 is 9.47 Å². The topological polar surface area (TPSA) is 81.8 Å². The zero-order valence-corrected chi connectivity index (χ0v) is 11.9. The maximum atomic E-state index is 10.8. The molecule has 0 atom stereocenters. The van der Waals surface area contributed by atoms with Gasteiger partial charge in [-0.15, -0.1) is 0 Å². The van der Waals surface area contributed by atoms with Gasteiger partial charge in [0.1, 0.15) is 5.69 Å². The minimum Gasteiger partial charge on any atom is -0.493 e. The van der Waals surface area contributed by atoms with E-state index in [9.17, 15) is 4.79 Å². The first-order chi connectivity index (χ1) is 10.1. The summed E-state index contributed by atoms with van der Waals surface area (Å²) >= 11 is 6.22. The fraction of sp³-hybridized carbons (Fsp3) is 0.286. The molecule has 21 heavy (non-hydrogen) atoms. The number of hydrogen-bond donors (Lipinski definition) is 1. The van der Waals surface area contributed by atoms with E-state index in [2.05, 4.69) is 5.16 Å². The van der Waals surface area contributed by atoms with E-state index in [1.54, 1.807) is 12.1 Å². The van der Waals surface area contributed by atoms with Crippen LogP contribution in [0.3, 0.4) is 0 Å². The predicted molar refractivity (Wildman–Crippen MR) is 74.1 cm³/mol. The van der Waals surface area contributed by atoms with Gasteiger partial charge in [-0.05, 0) is 25.0 Å². The van der Waals surface area contributed by atoms with Crippen LogP contribution in [0.2, 0.25) is 5.02 Å². The lowest BCUT2D eigenvalue weighted by molar-refractivity contribution is 0.0652. The van der Waals surface area contributed by atoms with Crippen molar-refractivity contribution in [3.05, 3.63) is 29.0 Å². The van der Waals surface area contributed by atoms with Gasteiger partial charge in [0.2, 0.25) is 5.76 Å². The van der Waals surface area contributed by atoms with Crippen LogP contribution in [-0.2, 0) is 0 Å². The van der Waals surface area contributed by atoms with Gasteiger partial charge in [0, 0.05) is 11.6 Å². The van der Waals surface area contributed by atoms with Crippen molar-refractivity contribution in [3.8, 4) is 22.8 Å². The van der Waals surface area contributed by atoms with E-state index in [0.29, 0.717) is 27.8 Å². The molecule has 1 aromatic carbocycles. The molecular weight excluding hydrogens is 298 g/mol. The van der Waals surface area contributed by atoms with E-state index in [4.69, 9.17) is 30.7 Å². The van der Waals surface area contributed by atoms with E-state index >= 15 is 0 Å². The van der Waals surface area contributed by atoms with Gasteiger partial charge in [-0.25, -0.2) is 4.79 Å². The molecule has 1 aromatic heterocycles. The number of carbonyl (C=O) groups is 1. The molecule has 0 bridgehead atoms. The average Bonchev–Trinajstić information content (AvgIpc) is 3.13. The third-order valence-electron chi connectivity index (χ3n) is 3.06. The molecule has 0 radical (unpaired) electrons. The molecule has 0 spiro atoms. The van der Waals surface area contributed by atoms with Crippen LogP contribution in [-0.4, -0.2) is 29.4 Å². The molecule has 0 saturated heterocycles. The quantitative estimate of drug-likeness (QED) is 0.913. The van der Waals surface area contributed by atoms with Crippen molar-refractivity contribution in [2.45, 2.75) is 18.9 Å². The van der Waals surface area contributed by atoms with Gasteiger partial charge in [-0.1, -0.05) is 16.8 Å². The highest BCUT2D eigenvalue weighted by Gasteiger charge is 2.27. The van der Waals surface area contributed by atoms with Gasteiger partial charge >= 0.3 is 5.97 Å². The van der Waals surface area contributed by atoms with Crippen molar-refractivity contribution in [1.82, 2.24) is 5.16 Å². The molecule has 1 fully saturated rings. The van der Waals surface area contributed by atoms with Crippen LogP contribution in [0, 0.1) is 0 Å². The van der Waals surface area contributed by atoms with Crippen molar-refractivity contribution < 1.29 is 23.9 Å². The van der Waals surface area contributed by atoms with Crippen LogP contribution in [0.4, 0.5) is 0 Å². The molecule has 1 aliphatic rings. The van der Waals surface area contributed by atoms with Gasteiger partial charge < -0.3 is 19.1 Å². The second-order valence-electron chi connectivity index (χ2n) is 4.69. The Morgan fingerprint density at radius 2 is 2.19 bits per heavy atom. The molecule has 110 valence electrons. The summed E-state index contributed by atoms with van der Waals surface area (Å²) in [5.74, 6) is -0.449. The largest absolute Gasteiger partial charge is 0.493 e. The number of carboxylic acid groups (broad SMARTS) is 1. The monoisotopic (exact) mass is 309 g/mol. The van der Waals surface area contributed by atoms with Crippen LogP contribution >= 0.6 is 11.6 Å². The molecule has 1 N–H and O–H groups in total. The molecule has 3 rings (SSSR count). The van der Waals surface area contributed by atoms with Gasteiger partial charge in [0.15, 0.2) is 11.5 Å². The smallest absolute Gasteiger partial charge is 0.374 e. The first kappa shape index (κ1) is 13.8. The molecule has 2 aromatic rings. The Morgan fingerprint density at radius 1 is 1.43 bits per heavy atom. The Morgan fingerprint density at radius 3 is 2.76 bits per heavy atom. The fourth-order valence-electron chi connectivity index (χ4n) is 1.85. The molecule has 0 unspecified atom stereocenters. The van der Waals surface area contributed by atoms with E-state index in [0.717, 1.165) is 12.8 Å². The fourth-order valence-corrected chi connectivity index (χ4v) is 2.10. The number of nitrogens with zero attached hydrogens (tertiary/aromatic N) is 1. The Hall–Kier alpha value is -2.21. The highest BCUT2D eigenvalue weighted by molar-refractivity contribution is 6.32. The molecule has 0 aliphatic heterocycles. The summed E-state index contributed by atoms with van der Waals surface area (Å²) in [6.07, 6.45) is 2.20. The van der Waals surface area contributed by atoms with Gasteiger partial charge in [-0.2, -0.15) is 0 Å². The number of carboxylic acids is 1. The van der Waals surface area contributed by atoms with Crippen molar-refractivity contribution in [2.75, 3.05) is 7.11 Å². The van der Waals surface area contributed by atoms with E-state index in [1.807, 2.05) is 0 Å². The van der Waals surface area contributed by atoms with E-state index in [-0.39, 0.29) is 11.9 Å². The maximum absolute atomic E-state index is 10.8. The summed E-state index contributed by atoms with van der Waals surface area (Å²) in [6.45, 7) is 0. The van der Waals surface area contributed by atoms with Gasteiger partial charge in [-0.3, -0.25) is 0 Å². The normalized spacial score (nSPS) is 14.0. The minimum atomic E-state index is -1.18. The molecule has 1 heterocycles. The molecule has 7 heteroatoms. The first-order valence-corrected chi connectivity index (χ1v) is 6.71. The Labute approximate surface area is 125 Å². The summed E-state index contributed by atoms with van der Waals surface area (Å²) in [4.78, 5) is 10.8. The third-order valence-corrected chi connectivity index (χ3v) is 3.34. The number of aromatic carboxylic acids is 1. The van der Waals surface area contributed by atoms with Crippen molar-refractivity contribution >= 4 is 17.6 Å². The first-order valence-electron chi connectivity index (χ1n) is 6.33. The van der Waals surface area contributed by atoms with Crippen molar-refractivity contribution in [3.63, 3.8) is 0 Å². The SMILES string of the molecule is COc1cc(-c2cc(C(=O)O)on2)cc(Cl)c1OC1CC1. The van der Waals surface area contributed by atoms with Crippen LogP contribution in [0.25, 0.3) is 11.3 Å². The summed E-state index contributed by atoms with van der Waals surface area (Å²) in [7, 11) is 1.51. The number of aromatic nitrogens is 1. The minimum absolute atomic E-state index is 0.188. The summed E-state index contributed by atoms with van der Waals surface area (Å²) in [5.41, 5.74) is 0.960. The number of benzene rings is 1. The lowest BCUT2D eigenvalue weighted by atomic mass is 10.1. The lowest BCUT2D eigenvalue weighted by Gasteiger charge is -2.12. The summed E-state index contributed by atoms with van der Waals surface area (Å²) < 4.78 is 15.7. The summed E-state index contributed by atoms with van der Waals surface area (Å²) in [5, 5.41) is 12.9. The standard InChI is InChI=1S/C14H12ClNO5/c1-19-11-5-7(10-6-12(14(17)18)21-16-10)4-9(15)13(11)20-8-2-3-8/h4-6,8H,2-3H2,1H3,(H,17,18). The van der Waals surface area contributed by atoms with E-state index in [1.165, 1.54) is 13.2 Å². The van der Waals surface area contributed by atoms with Gasteiger partial charge in [0.25, 0.3) is 0 Å². The average molecular weight is 310 g/mol. The van der Waals surface area contributed by atoms with Gasteiger partial charge in [0.05, 0.1) is 18.2 Å². The highest BCUT2D eigenvalue weighted by atomic mass is 35.5. The lowest BCUT2D eigenvalue weighted by Crippen LogP contribution is -1.99. The van der Waals surface area contributed by atoms with Crippen molar-refractivity contribution in [1.29, 1.82) is 0 Å².